The van der Waals surface area contributed by atoms with Crippen LogP contribution in [0.3, 0.4) is 0 Å². The first kappa shape index (κ1) is 29.5. The third kappa shape index (κ3) is 5.97. The molecule has 0 radical (unpaired) electrons. The Morgan fingerprint density at radius 2 is 1.60 bits per heavy atom. The zero-order valence-electron chi connectivity index (χ0n) is 26.3. The molecule has 43 heavy (non-hydrogen) atoms. The van der Waals surface area contributed by atoms with Gasteiger partial charge >= 0.3 is 0 Å². The second-order valence-corrected chi connectivity index (χ2v) is 13.5. The van der Waals surface area contributed by atoms with Gasteiger partial charge in [-0.25, -0.2) is 0 Å². The van der Waals surface area contributed by atoms with Crippen molar-refractivity contribution in [3.05, 3.63) is 136 Å². The predicted molar refractivity (Wildman–Crippen MR) is 186 cm³/mol. The summed E-state index contributed by atoms with van der Waals surface area (Å²) in [4.78, 5) is 5.29. The van der Waals surface area contributed by atoms with E-state index in [1.165, 1.54) is 61.3 Å². The number of benzene rings is 3. The molecule has 220 valence electrons. The summed E-state index contributed by atoms with van der Waals surface area (Å²) in [6.45, 7) is 11.4. The molecular formula is C40H45N2S+. The van der Waals surface area contributed by atoms with E-state index in [1.807, 2.05) is 11.8 Å². The Hall–Kier alpha value is -3.56. The van der Waals surface area contributed by atoms with Crippen LogP contribution in [-0.2, 0) is 11.8 Å². The maximum absolute atomic E-state index is 2.56. The topological polar surface area (TPSA) is 6.25 Å². The fourth-order valence-electron chi connectivity index (χ4n) is 6.95. The summed E-state index contributed by atoms with van der Waals surface area (Å²) in [7, 11) is 0. The number of nitrogens with zero attached hydrogens (tertiary/aromatic N) is 2. The van der Waals surface area contributed by atoms with Gasteiger partial charge in [0, 0.05) is 57.3 Å². The number of fused-ring (bicyclic) bond motifs is 2. The van der Waals surface area contributed by atoms with Gasteiger partial charge in [0.25, 0.3) is 0 Å². The molecule has 0 atom stereocenters. The zero-order valence-corrected chi connectivity index (χ0v) is 27.1. The van der Waals surface area contributed by atoms with Crippen LogP contribution in [0.25, 0.3) is 0 Å². The molecular weight excluding hydrogens is 541 g/mol. The molecule has 6 rings (SSSR count). The van der Waals surface area contributed by atoms with Crippen LogP contribution in [0.2, 0.25) is 0 Å². The van der Waals surface area contributed by atoms with Crippen molar-refractivity contribution < 1.29 is 4.58 Å². The third-order valence-electron chi connectivity index (χ3n) is 9.05. The minimum absolute atomic E-state index is 0.0203. The highest BCUT2D eigenvalue weighted by molar-refractivity contribution is 8.03. The number of hydrogen-bond donors (Lipinski definition) is 0. The summed E-state index contributed by atoms with van der Waals surface area (Å²) >= 11 is 1.94. The quantitative estimate of drug-likeness (QED) is 0.230. The molecule has 2 nitrogen and oxygen atoms in total. The molecule has 2 heterocycles. The Morgan fingerprint density at radius 3 is 2.42 bits per heavy atom. The highest BCUT2D eigenvalue weighted by atomic mass is 32.2. The van der Waals surface area contributed by atoms with Crippen LogP contribution < -0.4 is 4.90 Å². The Kier molecular flexibility index (Phi) is 8.90. The van der Waals surface area contributed by atoms with Gasteiger partial charge in [-0.1, -0.05) is 106 Å². The van der Waals surface area contributed by atoms with Crippen molar-refractivity contribution in [1.82, 2.24) is 0 Å². The summed E-state index contributed by atoms with van der Waals surface area (Å²) < 4.78 is 2.53. The molecule has 0 unspecified atom stereocenters. The van der Waals surface area contributed by atoms with Crippen LogP contribution in [0.1, 0.15) is 70.9 Å². The minimum Gasteiger partial charge on any atom is -0.344 e. The van der Waals surface area contributed by atoms with Gasteiger partial charge in [0.1, 0.15) is 6.54 Å². The molecule has 0 fully saturated rings. The Morgan fingerprint density at radius 1 is 0.837 bits per heavy atom. The molecule has 3 aromatic rings. The van der Waals surface area contributed by atoms with Crippen molar-refractivity contribution in [3.63, 3.8) is 0 Å². The summed E-state index contributed by atoms with van der Waals surface area (Å²) in [5.74, 6) is 0. The van der Waals surface area contributed by atoms with Gasteiger partial charge in [0.05, 0.1) is 6.42 Å². The summed E-state index contributed by atoms with van der Waals surface area (Å²) in [6, 6.07) is 28.8. The minimum atomic E-state index is -0.0203. The van der Waals surface area contributed by atoms with Crippen LogP contribution in [0.4, 0.5) is 11.4 Å². The average molecular weight is 586 g/mol. The van der Waals surface area contributed by atoms with Gasteiger partial charge < -0.3 is 4.90 Å². The second kappa shape index (κ2) is 13.0. The van der Waals surface area contributed by atoms with Crippen LogP contribution in [0.5, 0.6) is 0 Å². The highest BCUT2D eigenvalue weighted by Crippen LogP contribution is 2.48. The molecule has 0 saturated heterocycles. The van der Waals surface area contributed by atoms with Gasteiger partial charge in [-0.05, 0) is 66.7 Å². The molecule has 0 spiro atoms. The van der Waals surface area contributed by atoms with Gasteiger partial charge in [-0.3, -0.25) is 0 Å². The number of thioether (sulfide) groups is 1. The fourth-order valence-corrected chi connectivity index (χ4v) is 8.08. The van der Waals surface area contributed by atoms with E-state index in [0.717, 1.165) is 45.2 Å². The zero-order chi connectivity index (χ0) is 29.8. The van der Waals surface area contributed by atoms with E-state index in [9.17, 15) is 0 Å². The van der Waals surface area contributed by atoms with Crippen LogP contribution in [0, 0.1) is 0 Å². The molecule has 1 aliphatic carbocycles. The molecule has 3 aliphatic rings. The first-order valence-electron chi connectivity index (χ1n) is 16.2. The number of allylic oxidation sites excluding steroid dienone is 7. The standard InChI is InChI=1S/C40H45N2S/c1-5-27-41-33(29-32-15-10-12-21-36(32)41)25-23-30-16-14-17-31(39(30)43-34-18-8-7-9-19-34)24-26-38-40(3,4)35-20-11-13-22-37(35)42(38)28-6-2/h7-13,15,18-26H,5-6,14,16-17,27-29H2,1-4H3/q+1. The van der Waals surface area contributed by atoms with E-state index in [0.29, 0.717) is 0 Å². The largest absolute Gasteiger partial charge is 0.344 e. The lowest BCUT2D eigenvalue weighted by atomic mass is 9.83. The Bertz CT molecular complexity index is 1630. The van der Waals surface area contributed by atoms with Crippen molar-refractivity contribution >= 4 is 28.8 Å². The van der Waals surface area contributed by atoms with Gasteiger partial charge in [0.2, 0.25) is 5.69 Å². The molecule has 0 bridgehead atoms. The van der Waals surface area contributed by atoms with E-state index in [4.69, 9.17) is 0 Å². The van der Waals surface area contributed by atoms with Crippen LogP contribution >= 0.6 is 11.8 Å². The lowest BCUT2D eigenvalue weighted by molar-refractivity contribution is -0.436. The Balaban J connectivity index is 1.40. The Labute approximate surface area is 263 Å². The smallest absolute Gasteiger partial charge is 0.209 e. The van der Waals surface area contributed by atoms with Crippen LogP contribution in [-0.4, -0.2) is 23.4 Å². The summed E-state index contributed by atoms with van der Waals surface area (Å²) in [5.41, 5.74) is 11.3. The third-order valence-corrected chi connectivity index (χ3v) is 10.3. The normalized spacial score (nSPS) is 19.7. The molecule has 2 aliphatic heterocycles. The van der Waals surface area contributed by atoms with E-state index in [2.05, 4.69) is 140 Å². The van der Waals surface area contributed by atoms with Gasteiger partial charge in [-0.15, -0.1) is 0 Å². The van der Waals surface area contributed by atoms with Gasteiger partial charge in [0.15, 0.2) is 5.71 Å². The molecule has 3 heteroatoms. The lowest BCUT2D eigenvalue weighted by Gasteiger charge is -2.27. The average Bonchev–Trinajstić information content (AvgIpc) is 3.48. The number of rotatable bonds is 9. The molecule has 3 aromatic carbocycles. The van der Waals surface area contributed by atoms with Gasteiger partial charge in [-0.2, -0.15) is 4.58 Å². The number of hydrogen-bond acceptors (Lipinski definition) is 2. The predicted octanol–water partition coefficient (Wildman–Crippen LogP) is 10.5. The molecule has 0 N–H and O–H groups in total. The second-order valence-electron chi connectivity index (χ2n) is 12.4. The van der Waals surface area contributed by atoms with Crippen molar-refractivity contribution in [2.75, 3.05) is 18.0 Å². The van der Waals surface area contributed by atoms with Crippen molar-refractivity contribution in [2.24, 2.45) is 0 Å². The highest BCUT2D eigenvalue weighted by Gasteiger charge is 2.39. The first-order valence-corrected chi connectivity index (χ1v) is 17.0. The summed E-state index contributed by atoms with van der Waals surface area (Å²) in [5, 5.41) is 0. The van der Waals surface area contributed by atoms with E-state index in [-0.39, 0.29) is 5.41 Å². The SMILES string of the molecule is CCCN1/C(=C/C=C2\CCCC(/C=C/C3=[N+](CCC)c4ccccc4C3)=C2Sc2ccccc2)C(C)(C)c2ccccc21. The molecule has 0 amide bonds. The van der Waals surface area contributed by atoms with Crippen LogP contribution in [0.15, 0.2) is 130 Å². The molecule has 0 saturated carbocycles. The maximum Gasteiger partial charge on any atom is 0.209 e. The number of anilines is 1. The monoisotopic (exact) mass is 585 g/mol. The van der Waals surface area contributed by atoms with Crippen molar-refractivity contribution in [2.45, 2.75) is 76.5 Å². The van der Waals surface area contributed by atoms with Crippen molar-refractivity contribution in [1.29, 1.82) is 0 Å². The van der Waals surface area contributed by atoms with E-state index >= 15 is 0 Å². The number of para-hydroxylation sites is 2. The lowest BCUT2D eigenvalue weighted by Crippen LogP contribution is -2.26. The summed E-state index contributed by atoms with van der Waals surface area (Å²) in [6.07, 6.45) is 16.4. The van der Waals surface area contributed by atoms with E-state index < -0.39 is 0 Å². The maximum atomic E-state index is 2.56. The van der Waals surface area contributed by atoms with Crippen molar-refractivity contribution in [3.8, 4) is 0 Å². The molecule has 0 aromatic heterocycles. The first-order chi connectivity index (χ1) is 21.0. The van der Waals surface area contributed by atoms with E-state index in [1.54, 1.807) is 0 Å². The fraction of sp³-hybridized carbons (Fsp3) is 0.325.